The minimum absolute atomic E-state index is 0.0525. The van der Waals surface area contributed by atoms with Crippen molar-refractivity contribution in [2.24, 2.45) is 0 Å². The fourth-order valence-corrected chi connectivity index (χ4v) is 4.90. The van der Waals surface area contributed by atoms with Gasteiger partial charge in [-0.15, -0.1) is 0 Å². The molecule has 1 aliphatic heterocycles. The summed E-state index contributed by atoms with van der Waals surface area (Å²) in [4.78, 5) is 14.9. The molecule has 7 nitrogen and oxygen atoms in total. The Bertz CT molecular complexity index is 1000. The second-order valence-corrected chi connectivity index (χ2v) is 9.59. The van der Waals surface area contributed by atoms with Gasteiger partial charge in [-0.05, 0) is 36.6 Å². The molecule has 0 atom stereocenters. The SMILES string of the molecule is Cc1ccc(S(=O)(=O)NCCC(=O)NCc2ccccc2CN2CCOCC2)c(C)c1. The number of carbonyl (C=O) groups is 1. The molecule has 0 spiro atoms. The van der Waals surface area contributed by atoms with Crippen molar-refractivity contribution in [2.45, 2.75) is 38.3 Å². The molecule has 168 valence electrons. The first-order valence-electron chi connectivity index (χ1n) is 10.6. The topological polar surface area (TPSA) is 87.7 Å². The summed E-state index contributed by atoms with van der Waals surface area (Å²) in [5.41, 5.74) is 3.94. The van der Waals surface area contributed by atoms with E-state index in [9.17, 15) is 13.2 Å². The van der Waals surface area contributed by atoms with Crippen LogP contribution in [0.25, 0.3) is 0 Å². The predicted molar refractivity (Wildman–Crippen MR) is 120 cm³/mol. The minimum atomic E-state index is -3.64. The quantitative estimate of drug-likeness (QED) is 0.617. The standard InChI is InChI=1S/C23H31N3O4S/c1-18-7-8-22(19(2)15-18)31(28,29)25-10-9-23(27)24-16-20-5-3-4-6-21(20)17-26-11-13-30-14-12-26/h3-8,15,25H,9-14,16-17H2,1-2H3,(H,24,27). The maximum atomic E-state index is 12.5. The van der Waals surface area contributed by atoms with Crippen LogP contribution in [0, 0.1) is 13.8 Å². The predicted octanol–water partition coefficient (Wildman–Crippen LogP) is 2.12. The lowest BCUT2D eigenvalue weighted by Gasteiger charge is -2.27. The van der Waals surface area contributed by atoms with Gasteiger partial charge < -0.3 is 10.1 Å². The first kappa shape index (κ1) is 23.4. The van der Waals surface area contributed by atoms with Gasteiger partial charge in [0.05, 0.1) is 18.1 Å². The van der Waals surface area contributed by atoms with Gasteiger partial charge in [0.2, 0.25) is 15.9 Å². The number of morpholine rings is 1. The summed E-state index contributed by atoms with van der Waals surface area (Å²) in [6, 6.07) is 13.2. The molecule has 31 heavy (non-hydrogen) atoms. The van der Waals surface area contributed by atoms with Crippen molar-refractivity contribution in [1.82, 2.24) is 14.9 Å². The van der Waals surface area contributed by atoms with E-state index in [1.165, 1.54) is 5.56 Å². The summed E-state index contributed by atoms with van der Waals surface area (Å²) < 4.78 is 32.9. The molecule has 1 saturated heterocycles. The monoisotopic (exact) mass is 445 g/mol. The van der Waals surface area contributed by atoms with E-state index in [-0.39, 0.29) is 23.8 Å². The van der Waals surface area contributed by atoms with Gasteiger partial charge in [0.15, 0.2) is 0 Å². The highest BCUT2D eigenvalue weighted by atomic mass is 32.2. The molecule has 8 heteroatoms. The first-order chi connectivity index (χ1) is 14.8. The van der Waals surface area contributed by atoms with Crippen LogP contribution in [0.3, 0.4) is 0 Å². The second kappa shape index (κ2) is 10.9. The molecular weight excluding hydrogens is 414 g/mol. The van der Waals surface area contributed by atoms with Crippen LogP contribution in [0.1, 0.15) is 28.7 Å². The zero-order valence-electron chi connectivity index (χ0n) is 18.2. The Labute approximate surface area is 184 Å². The smallest absolute Gasteiger partial charge is 0.240 e. The summed E-state index contributed by atoms with van der Waals surface area (Å²) in [5.74, 6) is -0.190. The van der Waals surface area contributed by atoms with E-state index in [2.05, 4.69) is 21.0 Å². The number of carbonyl (C=O) groups excluding carboxylic acids is 1. The molecule has 0 aromatic heterocycles. The first-order valence-corrected chi connectivity index (χ1v) is 12.0. The number of nitrogens with zero attached hydrogens (tertiary/aromatic N) is 1. The summed E-state index contributed by atoms with van der Waals surface area (Å²) in [5, 5.41) is 2.90. The van der Waals surface area contributed by atoms with E-state index < -0.39 is 10.0 Å². The molecule has 0 bridgehead atoms. The second-order valence-electron chi connectivity index (χ2n) is 7.85. The highest BCUT2D eigenvalue weighted by molar-refractivity contribution is 7.89. The van der Waals surface area contributed by atoms with E-state index in [4.69, 9.17) is 4.74 Å². The summed E-state index contributed by atoms with van der Waals surface area (Å²) in [7, 11) is -3.64. The maximum Gasteiger partial charge on any atom is 0.240 e. The molecule has 2 N–H and O–H groups in total. The third kappa shape index (κ3) is 6.87. The number of amides is 1. The van der Waals surface area contributed by atoms with Gasteiger partial charge in [0.25, 0.3) is 0 Å². The van der Waals surface area contributed by atoms with Gasteiger partial charge in [-0.3, -0.25) is 9.69 Å². The Balaban J connectivity index is 1.48. The number of rotatable bonds is 9. The molecule has 1 heterocycles. The van der Waals surface area contributed by atoms with Crippen LogP contribution in [0.15, 0.2) is 47.4 Å². The number of sulfonamides is 1. The van der Waals surface area contributed by atoms with Gasteiger partial charge in [0, 0.05) is 39.1 Å². The summed E-state index contributed by atoms with van der Waals surface area (Å²) in [6.07, 6.45) is 0.0791. The van der Waals surface area contributed by atoms with Crippen LogP contribution >= 0.6 is 0 Å². The van der Waals surface area contributed by atoms with Crippen molar-refractivity contribution in [2.75, 3.05) is 32.8 Å². The number of hydrogen-bond donors (Lipinski definition) is 2. The Hall–Kier alpha value is -2.26. The third-order valence-corrected chi connectivity index (χ3v) is 6.98. The highest BCUT2D eigenvalue weighted by Gasteiger charge is 2.17. The summed E-state index contributed by atoms with van der Waals surface area (Å²) in [6.45, 7) is 8.28. The number of aryl methyl sites for hydroxylation is 2. The molecule has 2 aromatic rings. The Morgan fingerprint density at radius 3 is 2.48 bits per heavy atom. The molecule has 1 fully saturated rings. The van der Waals surface area contributed by atoms with E-state index in [1.807, 2.05) is 31.2 Å². The van der Waals surface area contributed by atoms with Gasteiger partial charge in [0.1, 0.15) is 0 Å². The molecule has 3 rings (SSSR count). The molecule has 0 saturated carbocycles. The zero-order valence-corrected chi connectivity index (χ0v) is 19.0. The van der Waals surface area contributed by atoms with Crippen molar-refractivity contribution in [3.63, 3.8) is 0 Å². The average Bonchev–Trinajstić information content (AvgIpc) is 2.73. The molecule has 1 aliphatic rings. The molecule has 0 aliphatic carbocycles. The van der Waals surface area contributed by atoms with E-state index in [0.717, 1.165) is 44.0 Å². The average molecular weight is 446 g/mol. The van der Waals surface area contributed by atoms with Crippen molar-refractivity contribution in [3.05, 3.63) is 64.7 Å². The van der Waals surface area contributed by atoms with Crippen LogP contribution in [0.4, 0.5) is 0 Å². The van der Waals surface area contributed by atoms with Crippen molar-refractivity contribution in [3.8, 4) is 0 Å². The van der Waals surface area contributed by atoms with Crippen molar-refractivity contribution < 1.29 is 17.9 Å². The maximum absolute atomic E-state index is 12.5. The van der Waals surface area contributed by atoms with E-state index in [1.54, 1.807) is 19.1 Å². The number of nitrogens with one attached hydrogen (secondary N) is 2. The Morgan fingerprint density at radius 2 is 1.77 bits per heavy atom. The fourth-order valence-electron chi connectivity index (χ4n) is 3.64. The number of hydrogen-bond acceptors (Lipinski definition) is 5. The molecular formula is C23H31N3O4S. The van der Waals surface area contributed by atoms with Crippen LogP contribution < -0.4 is 10.0 Å². The van der Waals surface area contributed by atoms with Gasteiger partial charge in [-0.25, -0.2) is 13.1 Å². The molecule has 1 amide bonds. The van der Waals surface area contributed by atoms with Crippen molar-refractivity contribution in [1.29, 1.82) is 0 Å². The normalized spacial score (nSPS) is 15.0. The lowest BCUT2D eigenvalue weighted by Crippen LogP contribution is -2.36. The van der Waals surface area contributed by atoms with Crippen LogP contribution in [-0.2, 0) is 32.6 Å². The Kier molecular flexibility index (Phi) is 8.20. The van der Waals surface area contributed by atoms with E-state index >= 15 is 0 Å². The zero-order chi connectivity index (χ0) is 22.3. The molecule has 0 radical (unpaired) electrons. The Morgan fingerprint density at radius 1 is 1.06 bits per heavy atom. The number of benzene rings is 2. The minimum Gasteiger partial charge on any atom is -0.379 e. The van der Waals surface area contributed by atoms with Crippen LogP contribution in [0.5, 0.6) is 0 Å². The fraction of sp³-hybridized carbons (Fsp3) is 0.435. The largest absolute Gasteiger partial charge is 0.379 e. The highest BCUT2D eigenvalue weighted by Crippen LogP contribution is 2.16. The summed E-state index contributed by atoms with van der Waals surface area (Å²) >= 11 is 0. The van der Waals surface area contributed by atoms with Gasteiger partial charge in [-0.2, -0.15) is 0 Å². The molecule has 0 unspecified atom stereocenters. The van der Waals surface area contributed by atoms with Crippen LogP contribution in [0.2, 0.25) is 0 Å². The number of ether oxygens (including phenoxy) is 1. The van der Waals surface area contributed by atoms with Crippen molar-refractivity contribution >= 4 is 15.9 Å². The van der Waals surface area contributed by atoms with Gasteiger partial charge in [-0.1, -0.05) is 42.0 Å². The third-order valence-electron chi connectivity index (χ3n) is 5.36. The lowest BCUT2D eigenvalue weighted by molar-refractivity contribution is -0.121. The van der Waals surface area contributed by atoms with Crippen LogP contribution in [-0.4, -0.2) is 52.1 Å². The van der Waals surface area contributed by atoms with Gasteiger partial charge >= 0.3 is 0 Å². The molecule has 2 aromatic carbocycles. The lowest BCUT2D eigenvalue weighted by atomic mass is 10.1. The van der Waals surface area contributed by atoms with E-state index in [0.29, 0.717) is 12.1 Å².